The summed E-state index contributed by atoms with van der Waals surface area (Å²) in [5.74, 6) is 1.49. The largest absolute Gasteiger partial charge is 0.486 e. The minimum Gasteiger partial charge on any atom is -0.486 e. The summed E-state index contributed by atoms with van der Waals surface area (Å²) >= 11 is 1.65. The predicted molar refractivity (Wildman–Crippen MR) is 109 cm³/mol. The highest BCUT2D eigenvalue weighted by Crippen LogP contribution is 2.35. The Labute approximate surface area is 169 Å². The summed E-state index contributed by atoms with van der Waals surface area (Å²) in [7, 11) is 0. The fourth-order valence-corrected chi connectivity index (χ4v) is 4.21. The third kappa shape index (κ3) is 4.16. The highest BCUT2D eigenvalue weighted by atomic mass is 32.1. The number of benzene rings is 1. The first-order valence-corrected chi connectivity index (χ1v) is 10.5. The first-order valence-electron chi connectivity index (χ1n) is 9.58. The molecular weight excluding hydrogens is 376 g/mol. The summed E-state index contributed by atoms with van der Waals surface area (Å²) in [4.78, 5) is 18.6. The van der Waals surface area contributed by atoms with E-state index < -0.39 is 0 Å². The average Bonchev–Trinajstić information content (AvgIpc) is 3.20. The second-order valence-corrected chi connectivity index (χ2v) is 8.71. The van der Waals surface area contributed by atoms with Crippen molar-refractivity contribution < 1.29 is 19.0 Å². The normalized spacial score (nSPS) is 18.6. The molecule has 1 amide bonds. The van der Waals surface area contributed by atoms with Gasteiger partial charge in [0, 0.05) is 28.7 Å². The zero-order valence-electron chi connectivity index (χ0n) is 16.3. The van der Waals surface area contributed by atoms with E-state index in [0.717, 1.165) is 22.9 Å². The molecule has 6 nitrogen and oxygen atoms in total. The van der Waals surface area contributed by atoms with Crippen LogP contribution in [0.25, 0.3) is 0 Å². The number of fused-ring (bicyclic) bond motifs is 1. The number of thiophene rings is 1. The molecular formula is C21H26N2O4S. The van der Waals surface area contributed by atoms with Crippen molar-refractivity contribution in [3.8, 4) is 11.5 Å². The van der Waals surface area contributed by atoms with Crippen molar-refractivity contribution in [3.05, 3.63) is 40.6 Å². The Kier molecular flexibility index (Phi) is 5.57. The molecule has 4 rings (SSSR count). The minimum atomic E-state index is -0.157. The predicted octanol–water partition coefficient (Wildman–Crippen LogP) is 3.16. The molecule has 3 heterocycles. The number of carbonyl (C=O) groups excluding carboxylic acids is 1. The Morgan fingerprint density at radius 1 is 1.18 bits per heavy atom. The van der Waals surface area contributed by atoms with Crippen LogP contribution in [0.5, 0.6) is 11.5 Å². The Balaban J connectivity index is 1.59. The number of ether oxygens (including phenoxy) is 3. The maximum atomic E-state index is 13.4. The van der Waals surface area contributed by atoms with Crippen molar-refractivity contribution in [2.75, 3.05) is 44.4 Å². The second-order valence-electron chi connectivity index (χ2n) is 7.67. The van der Waals surface area contributed by atoms with E-state index in [1.807, 2.05) is 34.5 Å². The molecule has 28 heavy (non-hydrogen) atoms. The Morgan fingerprint density at radius 3 is 2.75 bits per heavy atom. The molecule has 0 bridgehead atoms. The molecule has 1 aromatic heterocycles. The molecule has 1 saturated heterocycles. The van der Waals surface area contributed by atoms with Crippen molar-refractivity contribution in [1.82, 2.24) is 4.90 Å². The molecule has 1 fully saturated rings. The number of morpholine rings is 1. The van der Waals surface area contributed by atoms with Crippen LogP contribution >= 0.6 is 11.3 Å². The van der Waals surface area contributed by atoms with Crippen LogP contribution in [0.3, 0.4) is 0 Å². The van der Waals surface area contributed by atoms with E-state index in [1.54, 1.807) is 11.3 Å². The number of hydrogen-bond acceptors (Lipinski definition) is 6. The van der Waals surface area contributed by atoms with Gasteiger partial charge in [0.05, 0.1) is 26.3 Å². The van der Waals surface area contributed by atoms with Gasteiger partial charge in [-0.1, -0.05) is 6.07 Å². The SMILES string of the molecule is CC1(C)COCCN1CC(=O)N(Cc1cccs1)c1ccc2c(c1)OCCO2. The smallest absolute Gasteiger partial charge is 0.241 e. The van der Waals surface area contributed by atoms with Crippen LogP contribution in [-0.2, 0) is 16.1 Å². The first kappa shape index (κ1) is 19.2. The van der Waals surface area contributed by atoms with Gasteiger partial charge in [0.1, 0.15) is 13.2 Å². The molecule has 150 valence electrons. The number of nitrogens with zero attached hydrogens (tertiary/aromatic N) is 2. The minimum absolute atomic E-state index is 0.0695. The summed E-state index contributed by atoms with van der Waals surface area (Å²) in [5, 5.41) is 2.03. The fourth-order valence-electron chi connectivity index (χ4n) is 3.51. The average molecular weight is 403 g/mol. The molecule has 0 aliphatic carbocycles. The van der Waals surface area contributed by atoms with Crippen molar-refractivity contribution >= 4 is 22.9 Å². The van der Waals surface area contributed by atoms with E-state index in [-0.39, 0.29) is 11.4 Å². The standard InChI is InChI=1S/C21H26N2O4S/c1-21(2)15-25-8-7-22(21)14-20(24)23(13-17-4-3-11-28-17)16-5-6-18-19(12-16)27-10-9-26-18/h3-6,11-12H,7-10,13-15H2,1-2H3. The molecule has 2 aliphatic rings. The second kappa shape index (κ2) is 8.11. The van der Waals surface area contributed by atoms with Crippen molar-refractivity contribution in [3.63, 3.8) is 0 Å². The van der Waals surface area contributed by atoms with E-state index in [2.05, 4.69) is 24.8 Å². The summed E-state index contributed by atoms with van der Waals surface area (Å²) in [6, 6.07) is 9.80. The quantitative estimate of drug-likeness (QED) is 0.769. The molecule has 0 unspecified atom stereocenters. The van der Waals surface area contributed by atoms with Gasteiger partial charge in [0.15, 0.2) is 11.5 Å². The maximum absolute atomic E-state index is 13.4. The van der Waals surface area contributed by atoms with E-state index in [9.17, 15) is 4.79 Å². The van der Waals surface area contributed by atoms with Gasteiger partial charge in [0.25, 0.3) is 0 Å². The monoisotopic (exact) mass is 402 g/mol. The first-order chi connectivity index (χ1) is 13.5. The Morgan fingerprint density at radius 2 is 2.00 bits per heavy atom. The molecule has 0 atom stereocenters. The van der Waals surface area contributed by atoms with Crippen molar-refractivity contribution in [1.29, 1.82) is 0 Å². The zero-order valence-corrected chi connectivity index (χ0v) is 17.2. The van der Waals surface area contributed by atoms with E-state index in [1.165, 1.54) is 0 Å². The third-order valence-corrected chi connectivity index (χ3v) is 6.04. The van der Waals surface area contributed by atoms with Gasteiger partial charge < -0.3 is 19.1 Å². The summed E-state index contributed by atoms with van der Waals surface area (Å²) in [6.07, 6.45) is 0. The maximum Gasteiger partial charge on any atom is 0.241 e. The van der Waals surface area contributed by atoms with E-state index >= 15 is 0 Å². The highest BCUT2D eigenvalue weighted by Gasteiger charge is 2.33. The lowest BCUT2D eigenvalue weighted by atomic mass is 10.0. The molecule has 0 N–H and O–H groups in total. The third-order valence-electron chi connectivity index (χ3n) is 5.18. The fraction of sp³-hybridized carbons (Fsp3) is 0.476. The van der Waals surface area contributed by atoms with Crippen LogP contribution in [-0.4, -0.2) is 55.9 Å². The zero-order chi connectivity index (χ0) is 19.6. The van der Waals surface area contributed by atoms with Gasteiger partial charge in [0.2, 0.25) is 5.91 Å². The Bertz CT molecular complexity index is 822. The lowest BCUT2D eigenvalue weighted by Gasteiger charge is -2.42. The number of anilines is 1. The summed E-state index contributed by atoms with van der Waals surface area (Å²) in [6.45, 7) is 8.26. The molecule has 0 saturated carbocycles. The molecule has 1 aromatic carbocycles. The van der Waals surface area contributed by atoms with Gasteiger partial charge >= 0.3 is 0 Å². The highest BCUT2D eigenvalue weighted by molar-refractivity contribution is 7.09. The van der Waals surface area contributed by atoms with Crippen LogP contribution in [0.1, 0.15) is 18.7 Å². The van der Waals surface area contributed by atoms with Gasteiger partial charge in [-0.15, -0.1) is 11.3 Å². The van der Waals surface area contributed by atoms with Crippen molar-refractivity contribution in [2.45, 2.75) is 25.9 Å². The van der Waals surface area contributed by atoms with E-state index in [4.69, 9.17) is 14.2 Å². The van der Waals surface area contributed by atoms with Crippen LogP contribution < -0.4 is 14.4 Å². The molecule has 7 heteroatoms. The van der Waals surface area contributed by atoms with Gasteiger partial charge in [-0.25, -0.2) is 0 Å². The number of hydrogen-bond donors (Lipinski definition) is 0. The van der Waals surface area contributed by atoms with Gasteiger partial charge in [-0.05, 0) is 37.4 Å². The van der Waals surface area contributed by atoms with Crippen LogP contribution in [0.4, 0.5) is 5.69 Å². The lowest BCUT2D eigenvalue weighted by molar-refractivity contribution is -0.124. The number of rotatable bonds is 5. The Hall–Kier alpha value is -2.09. The summed E-state index contributed by atoms with van der Waals surface area (Å²) < 4.78 is 16.9. The molecule has 2 aliphatic heterocycles. The lowest BCUT2D eigenvalue weighted by Crippen LogP contribution is -2.56. The van der Waals surface area contributed by atoms with E-state index in [0.29, 0.717) is 45.3 Å². The van der Waals surface area contributed by atoms with Crippen LogP contribution in [0.2, 0.25) is 0 Å². The topological polar surface area (TPSA) is 51.2 Å². The summed E-state index contributed by atoms with van der Waals surface area (Å²) in [5.41, 5.74) is 0.670. The number of amides is 1. The van der Waals surface area contributed by atoms with Gasteiger partial charge in [-0.3, -0.25) is 9.69 Å². The van der Waals surface area contributed by atoms with Gasteiger partial charge in [-0.2, -0.15) is 0 Å². The van der Waals surface area contributed by atoms with Crippen LogP contribution in [0, 0.1) is 0 Å². The molecule has 0 radical (unpaired) electrons. The molecule has 2 aromatic rings. The van der Waals surface area contributed by atoms with Crippen LogP contribution in [0.15, 0.2) is 35.7 Å². The number of carbonyl (C=O) groups is 1. The van der Waals surface area contributed by atoms with Crippen molar-refractivity contribution in [2.24, 2.45) is 0 Å². The molecule has 0 spiro atoms.